The monoisotopic (exact) mass is 434 g/mol. The predicted molar refractivity (Wildman–Crippen MR) is 120 cm³/mol. The predicted octanol–water partition coefficient (Wildman–Crippen LogP) is 6.89. The lowest BCUT2D eigenvalue weighted by atomic mass is 10.0. The molecule has 2 aromatic rings. The van der Waals surface area contributed by atoms with Gasteiger partial charge in [0.2, 0.25) is 0 Å². The number of benzene rings is 2. The van der Waals surface area contributed by atoms with Gasteiger partial charge in [0.25, 0.3) is 10.1 Å². The average Bonchev–Trinajstić information content (AvgIpc) is 2.71. The van der Waals surface area contributed by atoms with Gasteiger partial charge >= 0.3 is 0 Å². The Kier molecular flexibility index (Phi) is 10.2. The zero-order chi connectivity index (χ0) is 21.8. The maximum absolute atomic E-state index is 11.8. The van der Waals surface area contributed by atoms with Crippen LogP contribution < -0.4 is 4.74 Å². The molecule has 5 nitrogen and oxygen atoms in total. The molecule has 30 heavy (non-hydrogen) atoms. The van der Waals surface area contributed by atoms with Gasteiger partial charge in [-0.2, -0.15) is 8.42 Å². The molecule has 0 spiro atoms. The first kappa shape index (κ1) is 24.2. The lowest BCUT2D eigenvalue weighted by Crippen LogP contribution is -2.02. The molecule has 2 N–H and O–H groups in total. The Labute approximate surface area is 180 Å². The van der Waals surface area contributed by atoms with Crippen LogP contribution in [-0.4, -0.2) is 18.1 Å². The maximum atomic E-state index is 11.8. The quantitative estimate of drug-likeness (QED) is 0.250. The molecule has 0 aliphatic carbocycles. The summed E-state index contributed by atoms with van der Waals surface area (Å²) in [5, 5.41) is 9.35. The van der Waals surface area contributed by atoms with E-state index >= 15 is 0 Å². The van der Waals surface area contributed by atoms with Crippen LogP contribution in [0.5, 0.6) is 17.2 Å². The molecule has 0 fully saturated rings. The Bertz CT molecular complexity index is 860. The van der Waals surface area contributed by atoms with E-state index in [1.165, 1.54) is 81.7 Å². The number of aromatic hydroxyl groups is 1. The second-order valence-corrected chi connectivity index (χ2v) is 9.17. The molecule has 0 aliphatic heterocycles. The number of hydrogen-bond acceptors (Lipinski definition) is 4. The highest BCUT2D eigenvalue weighted by molar-refractivity contribution is 7.86. The number of rotatable bonds is 14. The van der Waals surface area contributed by atoms with Gasteiger partial charge in [-0.1, -0.05) is 70.8 Å². The van der Waals surface area contributed by atoms with E-state index in [0.717, 1.165) is 24.8 Å². The topological polar surface area (TPSA) is 83.8 Å². The van der Waals surface area contributed by atoms with Gasteiger partial charge in [0.1, 0.15) is 22.1 Å². The third kappa shape index (κ3) is 8.76. The molecule has 0 amide bonds. The van der Waals surface area contributed by atoms with Crippen LogP contribution in [0, 0.1) is 0 Å². The molecule has 0 saturated carbocycles. The van der Waals surface area contributed by atoms with Gasteiger partial charge in [0.15, 0.2) is 0 Å². The summed E-state index contributed by atoms with van der Waals surface area (Å²) in [4.78, 5) is -0.236. The first-order valence-electron chi connectivity index (χ1n) is 11.0. The molecular weight excluding hydrogens is 400 g/mol. The number of phenols is 1. The lowest BCUT2D eigenvalue weighted by Gasteiger charge is -2.11. The zero-order valence-corrected chi connectivity index (χ0v) is 18.7. The molecule has 166 valence electrons. The van der Waals surface area contributed by atoms with Crippen LogP contribution in [0.4, 0.5) is 0 Å². The number of ether oxygens (including phenoxy) is 1. The molecule has 0 saturated heterocycles. The molecule has 2 aromatic carbocycles. The largest absolute Gasteiger partial charge is 0.508 e. The van der Waals surface area contributed by atoms with Crippen LogP contribution in [-0.2, 0) is 16.5 Å². The SMILES string of the molecule is CCCCCCCCCCCCc1ccc(Oc2ccc(O)cc2)c(S(=O)(=O)O)c1. The van der Waals surface area contributed by atoms with Crippen molar-refractivity contribution in [3.63, 3.8) is 0 Å². The van der Waals surface area contributed by atoms with Gasteiger partial charge in [-0.25, -0.2) is 0 Å². The fourth-order valence-corrected chi connectivity index (χ4v) is 4.12. The van der Waals surface area contributed by atoms with Crippen molar-refractivity contribution in [1.82, 2.24) is 0 Å². The van der Waals surface area contributed by atoms with Crippen molar-refractivity contribution in [3.8, 4) is 17.2 Å². The summed E-state index contributed by atoms with van der Waals surface area (Å²) in [6.45, 7) is 2.23. The smallest absolute Gasteiger partial charge is 0.298 e. The summed E-state index contributed by atoms with van der Waals surface area (Å²) in [5.41, 5.74) is 0.861. The van der Waals surface area contributed by atoms with Gasteiger partial charge in [0.05, 0.1) is 0 Å². The van der Waals surface area contributed by atoms with Gasteiger partial charge < -0.3 is 9.84 Å². The van der Waals surface area contributed by atoms with E-state index in [2.05, 4.69) is 6.92 Å². The third-order valence-corrected chi connectivity index (χ3v) is 6.04. The van der Waals surface area contributed by atoms with E-state index in [1.54, 1.807) is 6.07 Å². The number of aryl methyl sites for hydroxylation is 1. The van der Waals surface area contributed by atoms with E-state index in [-0.39, 0.29) is 16.4 Å². The van der Waals surface area contributed by atoms with Gasteiger partial charge in [-0.15, -0.1) is 0 Å². The zero-order valence-electron chi connectivity index (χ0n) is 17.8. The molecule has 0 unspecified atom stereocenters. The van der Waals surface area contributed by atoms with E-state index in [0.29, 0.717) is 5.75 Å². The molecule has 0 aromatic heterocycles. The standard InChI is InChI=1S/C24H34O5S/c1-2-3-4-5-6-7-8-9-10-11-12-20-13-18-23(24(19-20)30(26,27)28)29-22-16-14-21(25)15-17-22/h13-19,25H,2-12H2,1H3,(H,26,27,28). The average molecular weight is 435 g/mol. The molecule has 0 radical (unpaired) electrons. The number of phenolic OH excluding ortho intramolecular Hbond substituents is 1. The molecule has 0 bridgehead atoms. The normalized spacial score (nSPS) is 11.5. The fourth-order valence-electron chi connectivity index (χ4n) is 3.45. The summed E-state index contributed by atoms with van der Waals surface area (Å²) in [7, 11) is -4.41. The molecular formula is C24H34O5S. The van der Waals surface area contributed by atoms with Gasteiger partial charge in [-0.05, 0) is 54.8 Å². The fraction of sp³-hybridized carbons (Fsp3) is 0.500. The molecule has 6 heteroatoms. The van der Waals surface area contributed by atoms with Crippen LogP contribution in [0.25, 0.3) is 0 Å². The summed E-state index contributed by atoms with van der Waals surface area (Å²) < 4.78 is 38.9. The Balaban J connectivity index is 1.84. The summed E-state index contributed by atoms with van der Waals surface area (Å²) in [6, 6.07) is 10.8. The summed E-state index contributed by atoms with van der Waals surface area (Å²) in [5.74, 6) is 0.527. The Morgan fingerprint density at radius 2 is 1.37 bits per heavy atom. The number of hydrogen-bond donors (Lipinski definition) is 2. The molecule has 2 rings (SSSR count). The van der Waals surface area contributed by atoms with Gasteiger partial charge in [0, 0.05) is 0 Å². The first-order chi connectivity index (χ1) is 14.4. The van der Waals surface area contributed by atoms with E-state index in [4.69, 9.17) is 4.74 Å². The van der Waals surface area contributed by atoms with Crippen molar-refractivity contribution in [2.45, 2.75) is 82.4 Å². The lowest BCUT2D eigenvalue weighted by molar-refractivity contribution is 0.445. The van der Waals surface area contributed by atoms with Crippen molar-refractivity contribution in [2.24, 2.45) is 0 Å². The highest BCUT2D eigenvalue weighted by atomic mass is 32.2. The molecule has 0 aliphatic rings. The number of unbranched alkanes of at least 4 members (excludes halogenated alkanes) is 9. The van der Waals surface area contributed by atoms with Gasteiger partial charge in [-0.3, -0.25) is 4.55 Å². The first-order valence-corrected chi connectivity index (χ1v) is 12.4. The minimum Gasteiger partial charge on any atom is -0.508 e. The van der Waals surface area contributed by atoms with E-state index < -0.39 is 10.1 Å². The molecule has 0 atom stereocenters. The van der Waals surface area contributed by atoms with Crippen molar-refractivity contribution in [3.05, 3.63) is 48.0 Å². The van der Waals surface area contributed by atoms with Crippen molar-refractivity contribution >= 4 is 10.1 Å². The Morgan fingerprint density at radius 1 is 0.800 bits per heavy atom. The van der Waals surface area contributed by atoms with Crippen LogP contribution in [0.1, 0.15) is 76.7 Å². The van der Waals surface area contributed by atoms with Crippen molar-refractivity contribution in [1.29, 1.82) is 0 Å². The molecule has 0 heterocycles. The van der Waals surface area contributed by atoms with Crippen molar-refractivity contribution < 1.29 is 22.8 Å². The van der Waals surface area contributed by atoms with Crippen LogP contribution >= 0.6 is 0 Å². The van der Waals surface area contributed by atoms with Crippen LogP contribution in [0.15, 0.2) is 47.4 Å². The Morgan fingerprint density at radius 3 is 1.93 bits per heavy atom. The minimum atomic E-state index is -4.41. The van der Waals surface area contributed by atoms with E-state index in [9.17, 15) is 18.1 Å². The second kappa shape index (κ2) is 12.6. The highest BCUT2D eigenvalue weighted by Gasteiger charge is 2.18. The second-order valence-electron chi connectivity index (χ2n) is 7.78. The van der Waals surface area contributed by atoms with Crippen LogP contribution in [0.3, 0.4) is 0 Å². The van der Waals surface area contributed by atoms with Crippen molar-refractivity contribution in [2.75, 3.05) is 0 Å². The van der Waals surface area contributed by atoms with E-state index in [1.807, 2.05) is 6.07 Å². The third-order valence-electron chi connectivity index (χ3n) is 5.17. The minimum absolute atomic E-state index is 0.0648. The maximum Gasteiger partial charge on any atom is 0.298 e. The highest BCUT2D eigenvalue weighted by Crippen LogP contribution is 2.31. The Hall–Kier alpha value is -2.05. The summed E-state index contributed by atoms with van der Waals surface area (Å²) >= 11 is 0. The van der Waals surface area contributed by atoms with Crippen LogP contribution in [0.2, 0.25) is 0 Å². The summed E-state index contributed by atoms with van der Waals surface area (Å²) in [6.07, 6.45) is 13.2.